The van der Waals surface area contributed by atoms with Crippen LogP contribution >= 0.6 is 0 Å². The Labute approximate surface area is 122 Å². The van der Waals surface area contributed by atoms with E-state index in [2.05, 4.69) is 5.32 Å². The molecule has 2 rings (SSSR count). The van der Waals surface area contributed by atoms with Gasteiger partial charge in [0.1, 0.15) is 0 Å². The van der Waals surface area contributed by atoms with Crippen molar-refractivity contribution in [3.05, 3.63) is 35.4 Å². The number of rotatable bonds is 3. The van der Waals surface area contributed by atoms with Crippen LogP contribution in [-0.2, 0) is 17.5 Å². The predicted molar refractivity (Wildman–Crippen MR) is 73.5 cm³/mol. The van der Waals surface area contributed by atoms with Gasteiger partial charge in [0.25, 0.3) is 0 Å². The average Bonchev–Trinajstić information content (AvgIpc) is 2.85. The Balaban J connectivity index is 2.17. The highest BCUT2D eigenvalue weighted by Gasteiger charge is 2.39. The summed E-state index contributed by atoms with van der Waals surface area (Å²) in [5.41, 5.74) is -1.09. The number of hydrogen-bond acceptors (Lipinski definition) is 2. The summed E-state index contributed by atoms with van der Waals surface area (Å²) in [6, 6.07) is 5.38. The smallest absolute Gasteiger partial charge is 0.341 e. The number of amides is 1. The number of hydrogen-bond donors (Lipinski definition) is 1. The summed E-state index contributed by atoms with van der Waals surface area (Å²) in [6.45, 7) is 3.14. The minimum Gasteiger partial charge on any atom is -0.341 e. The Morgan fingerprint density at radius 1 is 1.38 bits per heavy atom. The summed E-state index contributed by atoms with van der Waals surface area (Å²) < 4.78 is 38.9. The summed E-state index contributed by atoms with van der Waals surface area (Å²) in [6.07, 6.45) is -3.70. The van der Waals surface area contributed by atoms with Gasteiger partial charge < -0.3 is 10.2 Å². The molecule has 21 heavy (non-hydrogen) atoms. The first-order valence-electron chi connectivity index (χ1n) is 6.85. The lowest BCUT2D eigenvalue weighted by atomic mass is 9.88. The number of carbonyl (C=O) groups is 1. The number of halogens is 3. The molecule has 1 atom stereocenters. The van der Waals surface area contributed by atoms with E-state index in [1.807, 2.05) is 6.92 Å². The zero-order valence-electron chi connectivity index (χ0n) is 12.1. The molecular formula is C15H19F3N2O. The van der Waals surface area contributed by atoms with Crippen molar-refractivity contribution in [1.29, 1.82) is 0 Å². The summed E-state index contributed by atoms with van der Waals surface area (Å²) in [7, 11) is 1.55. The Hall–Kier alpha value is -1.56. The molecule has 1 fully saturated rings. The highest BCUT2D eigenvalue weighted by molar-refractivity contribution is 5.82. The molecule has 1 aliphatic heterocycles. The number of nitrogens with one attached hydrogen (secondary N) is 1. The van der Waals surface area contributed by atoms with Crippen LogP contribution in [0.25, 0.3) is 0 Å². The van der Waals surface area contributed by atoms with Crippen molar-refractivity contribution in [2.75, 3.05) is 20.1 Å². The molecule has 0 saturated carbocycles. The fraction of sp³-hybridized carbons (Fsp3) is 0.533. The van der Waals surface area contributed by atoms with Crippen LogP contribution in [-0.4, -0.2) is 30.9 Å². The molecule has 1 unspecified atom stereocenters. The number of benzene rings is 1. The molecule has 0 spiro atoms. The molecular weight excluding hydrogens is 281 g/mol. The van der Waals surface area contributed by atoms with Crippen LogP contribution in [0.3, 0.4) is 0 Å². The van der Waals surface area contributed by atoms with Crippen molar-refractivity contribution in [3.63, 3.8) is 0 Å². The second-order valence-electron chi connectivity index (χ2n) is 5.80. The maximum atomic E-state index is 13.0. The first-order valence-corrected chi connectivity index (χ1v) is 6.85. The standard InChI is InChI=1S/C15H19F3N2O/c1-14(7-8-19-10-14)13(21)20(2)9-11-5-3-4-6-12(11)15(16,17)18/h3-6,19H,7-10H2,1-2H3. The quantitative estimate of drug-likeness (QED) is 0.931. The lowest BCUT2D eigenvalue weighted by Gasteiger charge is -2.29. The van der Waals surface area contributed by atoms with Gasteiger partial charge in [0.2, 0.25) is 5.91 Å². The normalized spacial score (nSPS) is 22.3. The summed E-state index contributed by atoms with van der Waals surface area (Å²) in [5, 5.41) is 3.12. The number of carbonyl (C=O) groups excluding carboxylic acids is 1. The van der Waals surface area contributed by atoms with Crippen LogP contribution in [0, 0.1) is 5.41 Å². The molecule has 0 bridgehead atoms. The van der Waals surface area contributed by atoms with E-state index in [-0.39, 0.29) is 18.0 Å². The molecule has 116 valence electrons. The molecule has 1 heterocycles. The lowest BCUT2D eigenvalue weighted by molar-refractivity contribution is -0.142. The fourth-order valence-corrected chi connectivity index (χ4v) is 2.72. The Bertz CT molecular complexity index is 522. The number of nitrogens with zero attached hydrogens (tertiary/aromatic N) is 1. The highest BCUT2D eigenvalue weighted by atomic mass is 19.4. The molecule has 1 saturated heterocycles. The highest BCUT2D eigenvalue weighted by Crippen LogP contribution is 2.33. The van der Waals surface area contributed by atoms with Crippen LogP contribution in [0.4, 0.5) is 13.2 Å². The van der Waals surface area contributed by atoms with Crippen LogP contribution < -0.4 is 5.32 Å². The van der Waals surface area contributed by atoms with Crippen LogP contribution in [0.15, 0.2) is 24.3 Å². The molecule has 3 nitrogen and oxygen atoms in total. The van der Waals surface area contributed by atoms with Gasteiger partial charge in [-0.25, -0.2) is 0 Å². The molecule has 6 heteroatoms. The molecule has 1 amide bonds. The molecule has 0 aromatic heterocycles. The first-order chi connectivity index (χ1) is 9.74. The van der Waals surface area contributed by atoms with Gasteiger partial charge in [-0.15, -0.1) is 0 Å². The van der Waals surface area contributed by atoms with Crippen molar-refractivity contribution < 1.29 is 18.0 Å². The average molecular weight is 300 g/mol. The topological polar surface area (TPSA) is 32.3 Å². The monoisotopic (exact) mass is 300 g/mol. The maximum Gasteiger partial charge on any atom is 0.416 e. The van der Waals surface area contributed by atoms with Crippen molar-refractivity contribution >= 4 is 5.91 Å². The summed E-state index contributed by atoms with van der Waals surface area (Å²) in [4.78, 5) is 13.8. The zero-order valence-corrected chi connectivity index (χ0v) is 12.1. The zero-order chi connectivity index (χ0) is 15.7. The van der Waals surface area contributed by atoms with Crippen LogP contribution in [0.1, 0.15) is 24.5 Å². The molecule has 1 aliphatic rings. The molecule has 1 aromatic carbocycles. The van der Waals surface area contributed by atoms with Crippen molar-refractivity contribution in [2.45, 2.75) is 26.1 Å². The largest absolute Gasteiger partial charge is 0.416 e. The summed E-state index contributed by atoms with van der Waals surface area (Å²) in [5.74, 6) is -0.121. The number of alkyl halides is 3. The minimum atomic E-state index is -4.40. The minimum absolute atomic E-state index is 0.0376. The Morgan fingerprint density at radius 3 is 2.62 bits per heavy atom. The molecule has 0 radical (unpaired) electrons. The van der Waals surface area contributed by atoms with E-state index < -0.39 is 17.2 Å². The summed E-state index contributed by atoms with van der Waals surface area (Å²) >= 11 is 0. The SMILES string of the molecule is CN(Cc1ccccc1C(F)(F)F)C(=O)C1(C)CCNC1. The van der Waals surface area contributed by atoms with E-state index in [9.17, 15) is 18.0 Å². The van der Waals surface area contributed by atoms with E-state index in [0.29, 0.717) is 13.0 Å². The Kier molecular flexibility index (Phi) is 4.27. The van der Waals surface area contributed by atoms with Gasteiger partial charge in [-0.05, 0) is 31.5 Å². The van der Waals surface area contributed by atoms with Crippen molar-refractivity contribution in [2.24, 2.45) is 5.41 Å². The first kappa shape index (κ1) is 15.8. The third-order valence-electron chi connectivity index (χ3n) is 3.96. The lowest BCUT2D eigenvalue weighted by Crippen LogP contribution is -2.41. The third-order valence-corrected chi connectivity index (χ3v) is 3.96. The second-order valence-corrected chi connectivity index (χ2v) is 5.80. The van der Waals surface area contributed by atoms with E-state index in [1.54, 1.807) is 13.1 Å². The molecule has 1 N–H and O–H groups in total. The van der Waals surface area contributed by atoms with Gasteiger partial charge in [0.15, 0.2) is 0 Å². The van der Waals surface area contributed by atoms with Gasteiger partial charge in [-0.2, -0.15) is 13.2 Å². The van der Waals surface area contributed by atoms with Gasteiger partial charge >= 0.3 is 6.18 Å². The predicted octanol–water partition coefficient (Wildman–Crippen LogP) is 2.66. The van der Waals surface area contributed by atoms with Crippen molar-refractivity contribution in [3.8, 4) is 0 Å². The van der Waals surface area contributed by atoms with Crippen LogP contribution in [0.2, 0.25) is 0 Å². The maximum absolute atomic E-state index is 13.0. The van der Waals surface area contributed by atoms with Gasteiger partial charge in [0, 0.05) is 20.1 Å². The second kappa shape index (κ2) is 5.67. The van der Waals surface area contributed by atoms with Gasteiger partial charge in [-0.1, -0.05) is 18.2 Å². The van der Waals surface area contributed by atoms with E-state index in [0.717, 1.165) is 12.6 Å². The van der Waals surface area contributed by atoms with Crippen molar-refractivity contribution in [1.82, 2.24) is 10.2 Å². The fourth-order valence-electron chi connectivity index (χ4n) is 2.72. The van der Waals surface area contributed by atoms with Gasteiger partial charge in [0.05, 0.1) is 11.0 Å². The molecule has 1 aromatic rings. The third kappa shape index (κ3) is 3.37. The van der Waals surface area contributed by atoms with E-state index >= 15 is 0 Å². The van der Waals surface area contributed by atoms with E-state index in [1.165, 1.54) is 17.0 Å². The Morgan fingerprint density at radius 2 is 2.05 bits per heavy atom. The van der Waals surface area contributed by atoms with E-state index in [4.69, 9.17) is 0 Å². The molecule has 0 aliphatic carbocycles. The van der Waals surface area contributed by atoms with Crippen LogP contribution in [0.5, 0.6) is 0 Å². The van der Waals surface area contributed by atoms with Gasteiger partial charge in [-0.3, -0.25) is 4.79 Å².